The van der Waals surface area contributed by atoms with Crippen LogP contribution in [0.25, 0.3) is 0 Å². The number of hydrogen-bond donors (Lipinski definition) is 0. The van der Waals surface area contributed by atoms with Crippen LogP contribution in [0.2, 0.25) is 0 Å². The first-order valence-electron chi connectivity index (χ1n) is 3.21. The number of ether oxygens (including phenoxy) is 1. The third kappa shape index (κ3) is 1.12. The van der Waals surface area contributed by atoms with Gasteiger partial charge in [0.1, 0.15) is 0 Å². The Balaban J connectivity index is 2.41. The molecule has 1 aromatic carbocycles. The fourth-order valence-corrected chi connectivity index (χ4v) is 2.98. The predicted molar refractivity (Wildman–Crippen MR) is 35.6 cm³/mol. The third-order valence-corrected chi connectivity index (χ3v) is 3.61. The molecule has 0 aromatic heterocycles. The Morgan fingerprint density at radius 1 is 1.30 bits per heavy atom. The van der Waals surface area contributed by atoms with Gasteiger partial charge in [-0.1, -0.05) is 0 Å². The topological polar surface area (TPSA) is 9.23 Å². The van der Waals surface area contributed by atoms with Gasteiger partial charge >= 0.3 is 70.6 Å². The summed E-state index contributed by atoms with van der Waals surface area (Å²) in [7, 11) is 0. The Morgan fingerprint density at radius 2 is 2.20 bits per heavy atom. The number of rotatable bonds is 0. The first-order valence-corrected chi connectivity index (χ1v) is 6.26. The van der Waals surface area contributed by atoms with Gasteiger partial charge in [0.25, 0.3) is 0 Å². The molecule has 0 atom stereocenters. The number of hydrogen-bond acceptors (Lipinski definition) is 1. The molecule has 0 bridgehead atoms. The summed E-state index contributed by atoms with van der Waals surface area (Å²) in [5.41, 5.74) is 1.40. The molecule has 1 aliphatic rings. The number of fused-ring (bicyclic) bond motifs is 1. The number of para-hydroxylation sites is 1. The molecule has 1 aromatic rings. The summed E-state index contributed by atoms with van der Waals surface area (Å²) in [6.45, 7) is 0. The van der Waals surface area contributed by atoms with Crippen LogP contribution in [0.1, 0.15) is 5.56 Å². The molecule has 0 radical (unpaired) electrons. The maximum absolute atomic E-state index is 5.47. The van der Waals surface area contributed by atoms with Crippen LogP contribution in [0.15, 0.2) is 24.3 Å². The summed E-state index contributed by atoms with van der Waals surface area (Å²) in [6.07, 6.45) is 0. The molecular weight excluding hydrogens is 239 g/mol. The van der Waals surface area contributed by atoms with Gasteiger partial charge in [0.2, 0.25) is 0 Å². The van der Waals surface area contributed by atoms with Crippen molar-refractivity contribution < 1.29 is 25.9 Å². The van der Waals surface area contributed by atoms with Crippen LogP contribution >= 0.6 is 0 Å². The van der Waals surface area contributed by atoms with Crippen LogP contribution in [0.5, 0.6) is 5.75 Å². The maximum atomic E-state index is 5.47. The zero-order valence-corrected chi connectivity index (χ0v) is 7.67. The molecule has 2 heteroatoms. The SMILES string of the molecule is c1ccc2c(c1)C[I-]CO2. The van der Waals surface area contributed by atoms with Crippen molar-refractivity contribution in [1.82, 2.24) is 0 Å². The van der Waals surface area contributed by atoms with Gasteiger partial charge in [-0.3, -0.25) is 0 Å². The quantitative estimate of drug-likeness (QED) is 0.406. The molecule has 0 saturated carbocycles. The molecule has 0 fully saturated rings. The van der Waals surface area contributed by atoms with Crippen molar-refractivity contribution in [1.29, 1.82) is 0 Å². The molecule has 0 unspecified atom stereocenters. The molecule has 0 aliphatic carbocycles. The van der Waals surface area contributed by atoms with Crippen LogP contribution in [0.4, 0.5) is 0 Å². The van der Waals surface area contributed by atoms with Crippen molar-refractivity contribution in [3.05, 3.63) is 29.8 Å². The second kappa shape index (κ2) is 2.78. The van der Waals surface area contributed by atoms with Gasteiger partial charge in [-0.25, -0.2) is 0 Å². The Hall–Kier alpha value is -0.250. The van der Waals surface area contributed by atoms with Gasteiger partial charge in [-0.05, 0) is 0 Å². The van der Waals surface area contributed by atoms with E-state index in [1.54, 1.807) is 0 Å². The Morgan fingerprint density at radius 3 is 3.10 bits per heavy atom. The Labute approximate surface area is 70.7 Å². The minimum absolute atomic E-state index is 0.304. The first-order chi connectivity index (χ1) is 4.97. The molecule has 0 amide bonds. The second-order valence-electron chi connectivity index (χ2n) is 2.18. The fraction of sp³-hybridized carbons (Fsp3) is 0.250. The molecule has 10 heavy (non-hydrogen) atoms. The van der Waals surface area contributed by atoms with E-state index in [2.05, 4.69) is 18.2 Å². The summed E-state index contributed by atoms with van der Waals surface area (Å²) >= 11 is 0.304. The Bertz CT molecular complexity index is 209. The van der Waals surface area contributed by atoms with Crippen LogP contribution in [0, 0.1) is 0 Å². The third-order valence-electron chi connectivity index (χ3n) is 1.50. The predicted octanol–water partition coefficient (Wildman–Crippen LogP) is -1.37. The molecule has 1 heterocycles. The first kappa shape index (κ1) is 6.46. The van der Waals surface area contributed by atoms with E-state index in [1.165, 1.54) is 9.99 Å². The van der Waals surface area contributed by atoms with Gasteiger partial charge in [0.05, 0.1) is 0 Å². The van der Waals surface area contributed by atoms with Gasteiger partial charge < -0.3 is 0 Å². The Kier molecular flexibility index (Phi) is 1.80. The van der Waals surface area contributed by atoms with E-state index in [9.17, 15) is 0 Å². The molecule has 0 saturated heterocycles. The number of halogens is 1. The number of alkyl halides is 2. The zero-order valence-electron chi connectivity index (χ0n) is 5.51. The second-order valence-corrected chi connectivity index (χ2v) is 4.65. The summed E-state index contributed by atoms with van der Waals surface area (Å²) in [5.74, 6) is 1.11. The van der Waals surface area contributed by atoms with Gasteiger partial charge in [-0.15, -0.1) is 0 Å². The van der Waals surface area contributed by atoms with Crippen LogP contribution in [-0.2, 0) is 4.43 Å². The van der Waals surface area contributed by atoms with Crippen molar-refractivity contribution >= 4 is 0 Å². The van der Waals surface area contributed by atoms with Crippen LogP contribution < -0.4 is 25.9 Å². The van der Waals surface area contributed by atoms with Gasteiger partial charge in [0.15, 0.2) is 0 Å². The molecule has 2 rings (SSSR count). The molecular formula is C8H8IO-. The molecule has 1 aliphatic heterocycles. The average molecular weight is 247 g/mol. The van der Waals surface area contributed by atoms with E-state index in [0.717, 1.165) is 10.4 Å². The summed E-state index contributed by atoms with van der Waals surface area (Å²) in [6, 6.07) is 8.33. The van der Waals surface area contributed by atoms with Crippen LogP contribution in [-0.4, -0.2) is 4.61 Å². The van der Waals surface area contributed by atoms with Crippen molar-refractivity contribution in [2.24, 2.45) is 0 Å². The normalized spacial score (nSPS) is 16.4. The monoisotopic (exact) mass is 247 g/mol. The van der Waals surface area contributed by atoms with Crippen LogP contribution in [0.3, 0.4) is 0 Å². The van der Waals surface area contributed by atoms with Crippen molar-refractivity contribution in [3.63, 3.8) is 0 Å². The van der Waals surface area contributed by atoms with Crippen molar-refractivity contribution in [2.75, 3.05) is 4.61 Å². The van der Waals surface area contributed by atoms with Crippen molar-refractivity contribution in [2.45, 2.75) is 4.43 Å². The molecule has 1 nitrogen and oxygen atoms in total. The fourth-order valence-electron chi connectivity index (χ4n) is 0.993. The van der Waals surface area contributed by atoms with E-state index < -0.39 is 0 Å². The standard InChI is InChI=1S/C8H8IO/c1-2-4-8-7(3-1)5-9-6-10-8/h1-4H,5-6H2/q-1. The van der Waals surface area contributed by atoms with E-state index in [-0.39, 0.29) is 0 Å². The molecule has 54 valence electrons. The molecule has 0 N–H and O–H groups in total. The minimum atomic E-state index is 0.304. The molecule has 0 spiro atoms. The van der Waals surface area contributed by atoms with E-state index in [1.807, 2.05) is 6.07 Å². The van der Waals surface area contributed by atoms with Crippen molar-refractivity contribution in [3.8, 4) is 5.75 Å². The van der Waals surface area contributed by atoms with E-state index >= 15 is 0 Å². The summed E-state index contributed by atoms with van der Waals surface area (Å²) in [4.78, 5) is 0. The van der Waals surface area contributed by atoms with Gasteiger partial charge in [-0.2, -0.15) is 0 Å². The van der Waals surface area contributed by atoms with E-state index in [4.69, 9.17) is 4.74 Å². The zero-order chi connectivity index (χ0) is 6.81. The van der Waals surface area contributed by atoms with Gasteiger partial charge in [0, 0.05) is 0 Å². The average Bonchev–Trinajstić information content (AvgIpc) is 2.05. The summed E-state index contributed by atoms with van der Waals surface area (Å²) < 4.78 is 7.76. The van der Waals surface area contributed by atoms with E-state index in [0.29, 0.717) is 21.2 Å². The summed E-state index contributed by atoms with van der Waals surface area (Å²) in [5, 5.41) is 0. The number of benzene rings is 1.